The monoisotopic (exact) mass is 429 g/mol. The highest BCUT2D eigenvalue weighted by molar-refractivity contribution is 6.09. The molecular weight excluding hydrogens is 398 g/mol. The van der Waals surface area contributed by atoms with Gasteiger partial charge in [-0.3, -0.25) is 14.6 Å². The van der Waals surface area contributed by atoms with Gasteiger partial charge in [-0.05, 0) is 91.9 Å². The summed E-state index contributed by atoms with van der Waals surface area (Å²) in [5.41, 5.74) is 3.28. The molecule has 5 heteroatoms. The van der Waals surface area contributed by atoms with Crippen LogP contribution in [0.4, 0.5) is 0 Å². The summed E-state index contributed by atoms with van der Waals surface area (Å²) in [6, 6.07) is 9.69. The van der Waals surface area contributed by atoms with Crippen molar-refractivity contribution in [1.82, 2.24) is 15.2 Å². The predicted molar refractivity (Wildman–Crippen MR) is 122 cm³/mol. The number of hydrogen-bond acceptors (Lipinski definition) is 3. The summed E-state index contributed by atoms with van der Waals surface area (Å²) < 4.78 is 0. The van der Waals surface area contributed by atoms with Crippen molar-refractivity contribution < 1.29 is 9.59 Å². The van der Waals surface area contributed by atoms with Crippen LogP contribution in [0.5, 0.6) is 0 Å². The molecule has 1 aliphatic heterocycles. The first-order valence-corrected chi connectivity index (χ1v) is 12.1. The van der Waals surface area contributed by atoms with Gasteiger partial charge in [-0.2, -0.15) is 0 Å². The SMILES string of the molecule is C[C@H](NC(=O)c1cccc2c1C(=O)N(Cc1cccnc1)C2)C12CC3CC(CC(C3)C1)C2. The van der Waals surface area contributed by atoms with Crippen LogP contribution in [-0.4, -0.2) is 27.7 Å². The Labute approximate surface area is 189 Å². The van der Waals surface area contributed by atoms with E-state index >= 15 is 0 Å². The van der Waals surface area contributed by atoms with E-state index in [2.05, 4.69) is 17.2 Å². The van der Waals surface area contributed by atoms with Gasteiger partial charge >= 0.3 is 0 Å². The molecule has 166 valence electrons. The number of fused-ring (bicyclic) bond motifs is 1. The molecule has 1 aromatic heterocycles. The van der Waals surface area contributed by atoms with Gasteiger partial charge in [-0.25, -0.2) is 0 Å². The van der Waals surface area contributed by atoms with Crippen LogP contribution in [0.2, 0.25) is 0 Å². The molecule has 2 heterocycles. The summed E-state index contributed by atoms with van der Waals surface area (Å²) in [6.07, 6.45) is 11.5. The van der Waals surface area contributed by atoms with E-state index in [0.29, 0.717) is 24.2 Å². The van der Waals surface area contributed by atoms with E-state index in [1.165, 1.54) is 38.5 Å². The van der Waals surface area contributed by atoms with E-state index in [4.69, 9.17) is 0 Å². The van der Waals surface area contributed by atoms with Crippen molar-refractivity contribution in [3.8, 4) is 0 Å². The molecule has 2 aromatic rings. The van der Waals surface area contributed by atoms with Gasteiger partial charge in [-0.1, -0.05) is 18.2 Å². The van der Waals surface area contributed by atoms with Crippen LogP contribution in [0, 0.1) is 23.2 Å². The van der Waals surface area contributed by atoms with Crippen LogP contribution in [-0.2, 0) is 13.1 Å². The Bertz CT molecular complexity index is 1030. The average molecular weight is 430 g/mol. The Morgan fingerprint density at radius 1 is 1.12 bits per heavy atom. The molecule has 0 radical (unpaired) electrons. The second-order valence-corrected chi connectivity index (χ2v) is 10.8. The molecule has 1 N–H and O–H groups in total. The topological polar surface area (TPSA) is 62.3 Å². The minimum absolute atomic E-state index is 0.0583. The highest BCUT2D eigenvalue weighted by Gasteiger charge is 2.53. The number of carbonyl (C=O) groups is 2. The lowest BCUT2D eigenvalue weighted by molar-refractivity contribution is -0.0688. The number of rotatable bonds is 5. The molecule has 4 bridgehead atoms. The number of aromatic nitrogens is 1. The summed E-state index contributed by atoms with van der Waals surface area (Å²) in [6.45, 7) is 3.24. The van der Waals surface area contributed by atoms with E-state index < -0.39 is 0 Å². The van der Waals surface area contributed by atoms with Gasteiger partial charge in [0, 0.05) is 31.5 Å². The van der Waals surface area contributed by atoms with Crippen LogP contribution in [0.25, 0.3) is 0 Å². The van der Waals surface area contributed by atoms with Crippen molar-refractivity contribution >= 4 is 11.8 Å². The maximum Gasteiger partial charge on any atom is 0.255 e. The number of carbonyl (C=O) groups excluding carboxylic acids is 2. The standard InChI is InChI=1S/C27H31N3O2/c1-17(27-11-19-8-20(12-27)10-21(9-19)13-27)29-25(31)23-6-2-5-22-16-30(26(32)24(22)23)15-18-4-3-7-28-14-18/h2-7,14,17,19-21H,8-13,15-16H2,1H3,(H,29,31)/t17-,19?,20?,21?,27?/m0/s1. The van der Waals surface area contributed by atoms with Crippen LogP contribution < -0.4 is 5.32 Å². The van der Waals surface area contributed by atoms with Crippen molar-refractivity contribution in [2.45, 2.75) is 64.6 Å². The summed E-state index contributed by atoms with van der Waals surface area (Å²) in [4.78, 5) is 32.6. The highest BCUT2D eigenvalue weighted by atomic mass is 16.2. The minimum Gasteiger partial charge on any atom is -0.349 e. The zero-order valence-electron chi connectivity index (χ0n) is 18.7. The van der Waals surface area contributed by atoms with Gasteiger partial charge in [-0.15, -0.1) is 0 Å². The number of nitrogens with one attached hydrogen (secondary N) is 1. The first-order valence-electron chi connectivity index (χ1n) is 12.1. The quantitative estimate of drug-likeness (QED) is 0.757. The maximum absolute atomic E-state index is 13.4. The Kier molecular flexibility index (Phi) is 4.63. The summed E-state index contributed by atoms with van der Waals surface area (Å²) in [5.74, 6) is 2.40. The van der Waals surface area contributed by atoms with Gasteiger partial charge in [0.25, 0.3) is 11.8 Å². The zero-order chi connectivity index (χ0) is 21.9. The Morgan fingerprint density at radius 3 is 2.50 bits per heavy atom. The Hall–Kier alpha value is -2.69. The van der Waals surface area contributed by atoms with Crippen molar-refractivity contribution in [3.63, 3.8) is 0 Å². The normalized spacial score (nSPS) is 31.0. The van der Waals surface area contributed by atoms with Crippen LogP contribution in [0.1, 0.15) is 77.3 Å². The lowest BCUT2D eigenvalue weighted by Crippen LogP contribution is -2.55. The number of pyridine rings is 1. The molecule has 5 nitrogen and oxygen atoms in total. The van der Waals surface area contributed by atoms with E-state index in [0.717, 1.165) is 28.9 Å². The van der Waals surface area contributed by atoms with Crippen molar-refractivity contribution in [2.24, 2.45) is 23.2 Å². The Balaban J connectivity index is 1.21. The van der Waals surface area contributed by atoms with Gasteiger partial charge in [0.2, 0.25) is 0 Å². The third kappa shape index (κ3) is 3.25. The second-order valence-electron chi connectivity index (χ2n) is 10.8. The average Bonchev–Trinajstić information content (AvgIpc) is 3.09. The third-order valence-electron chi connectivity index (χ3n) is 8.71. The number of nitrogens with zero attached hydrogens (tertiary/aromatic N) is 2. The van der Waals surface area contributed by atoms with Crippen molar-refractivity contribution in [2.75, 3.05) is 0 Å². The first kappa shape index (κ1) is 20.0. The molecule has 4 aliphatic carbocycles. The molecule has 0 unspecified atom stereocenters. The van der Waals surface area contributed by atoms with E-state index in [1.54, 1.807) is 17.3 Å². The summed E-state index contributed by atoms with van der Waals surface area (Å²) in [5, 5.41) is 3.35. The molecule has 2 amide bonds. The minimum atomic E-state index is -0.0957. The van der Waals surface area contributed by atoms with E-state index in [9.17, 15) is 9.59 Å². The number of benzene rings is 1. The van der Waals surface area contributed by atoms with Gasteiger partial charge in [0.1, 0.15) is 0 Å². The van der Waals surface area contributed by atoms with Crippen molar-refractivity contribution in [1.29, 1.82) is 0 Å². The highest BCUT2D eigenvalue weighted by Crippen LogP contribution is 2.61. The largest absolute Gasteiger partial charge is 0.349 e. The second kappa shape index (κ2) is 7.43. The fourth-order valence-electron chi connectivity index (χ4n) is 7.58. The molecule has 7 rings (SSSR count). The molecular formula is C27H31N3O2. The van der Waals surface area contributed by atoms with Crippen LogP contribution in [0.15, 0.2) is 42.7 Å². The lowest BCUT2D eigenvalue weighted by Gasteiger charge is -2.59. The molecule has 32 heavy (non-hydrogen) atoms. The number of hydrogen-bond donors (Lipinski definition) is 1. The fourth-order valence-corrected chi connectivity index (χ4v) is 7.58. The van der Waals surface area contributed by atoms with E-state index in [-0.39, 0.29) is 23.3 Å². The molecule has 0 saturated heterocycles. The van der Waals surface area contributed by atoms with Crippen molar-refractivity contribution in [3.05, 3.63) is 65.0 Å². The van der Waals surface area contributed by atoms with Gasteiger partial charge in [0.05, 0.1) is 11.1 Å². The Morgan fingerprint density at radius 2 is 1.84 bits per heavy atom. The molecule has 1 atom stereocenters. The predicted octanol–water partition coefficient (Wildman–Crippen LogP) is 4.57. The molecule has 4 fully saturated rings. The van der Waals surface area contributed by atoms with Gasteiger partial charge in [0.15, 0.2) is 0 Å². The number of amides is 2. The molecule has 1 aromatic carbocycles. The lowest BCUT2D eigenvalue weighted by atomic mass is 9.48. The maximum atomic E-state index is 13.4. The molecule has 4 saturated carbocycles. The fraction of sp³-hybridized carbons (Fsp3) is 0.519. The molecule has 0 spiro atoms. The van der Waals surface area contributed by atoms with Crippen LogP contribution >= 0.6 is 0 Å². The van der Waals surface area contributed by atoms with Gasteiger partial charge < -0.3 is 10.2 Å². The zero-order valence-corrected chi connectivity index (χ0v) is 18.7. The summed E-state index contributed by atoms with van der Waals surface area (Å²) >= 11 is 0. The third-order valence-corrected chi connectivity index (χ3v) is 8.71. The van der Waals surface area contributed by atoms with Crippen LogP contribution in [0.3, 0.4) is 0 Å². The smallest absolute Gasteiger partial charge is 0.255 e. The first-order chi connectivity index (χ1) is 15.5. The summed E-state index contributed by atoms with van der Waals surface area (Å²) in [7, 11) is 0. The molecule has 5 aliphatic rings. The van der Waals surface area contributed by atoms with E-state index in [1.807, 2.05) is 30.3 Å².